The normalized spacial score (nSPS) is 10.4. The van der Waals surface area contributed by atoms with Crippen molar-refractivity contribution in [1.82, 2.24) is 19.1 Å². The zero-order valence-electron chi connectivity index (χ0n) is 10.0. The van der Waals surface area contributed by atoms with Crippen molar-refractivity contribution < 1.29 is 0 Å². The zero-order valence-corrected chi connectivity index (χ0v) is 10.0. The molecule has 17 heavy (non-hydrogen) atoms. The molecule has 2 heterocycles. The van der Waals surface area contributed by atoms with E-state index in [1.165, 1.54) is 0 Å². The number of terminal acetylenes is 1. The monoisotopic (exact) mass is 229 g/mol. The van der Waals surface area contributed by atoms with Crippen LogP contribution < -0.4 is 5.73 Å². The van der Waals surface area contributed by atoms with Crippen LogP contribution in [-0.4, -0.2) is 19.1 Å². The number of anilines is 1. The Morgan fingerprint density at radius 2 is 2.29 bits per heavy atom. The highest BCUT2D eigenvalue weighted by Gasteiger charge is 2.16. The number of aryl methyl sites for hydroxylation is 2. The molecule has 2 aromatic heterocycles. The molecule has 0 fully saturated rings. The van der Waals surface area contributed by atoms with Crippen LogP contribution in [0.4, 0.5) is 5.82 Å². The molecule has 0 atom stereocenters. The summed E-state index contributed by atoms with van der Waals surface area (Å²) in [6, 6.07) is 0. The minimum Gasteiger partial charge on any atom is -0.383 e. The fourth-order valence-electron chi connectivity index (χ4n) is 1.83. The molecule has 0 amide bonds. The molecular weight excluding hydrogens is 214 g/mol. The van der Waals surface area contributed by atoms with Crippen molar-refractivity contribution in [3.63, 3.8) is 0 Å². The Balaban J connectivity index is 2.57. The van der Waals surface area contributed by atoms with E-state index < -0.39 is 0 Å². The number of nitrogens with two attached hydrogens (primary N) is 1. The van der Waals surface area contributed by atoms with Crippen LogP contribution in [0.25, 0.3) is 11.4 Å². The van der Waals surface area contributed by atoms with E-state index in [9.17, 15) is 0 Å². The summed E-state index contributed by atoms with van der Waals surface area (Å²) in [5.74, 6) is 4.09. The van der Waals surface area contributed by atoms with Crippen LogP contribution in [0.5, 0.6) is 0 Å². The van der Waals surface area contributed by atoms with Crippen molar-refractivity contribution in [2.45, 2.75) is 19.9 Å². The van der Waals surface area contributed by atoms with Crippen molar-refractivity contribution in [2.24, 2.45) is 7.05 Å². The summed E-state index contributed by atoms with van der Waals surface area (Å²) in [4.78, 5) is 8.60. The maximum Gasteiger partial charge on any atom is 0.134 e. The number of imidazole rings is 2. The number of nitrogen functional groups attached to an aromatic ring is 1. The first-order valence-corrected chi connectivity index (χ1v) is 5.44. The van der Waals surface area contributed by atoms with Crippen LogP contribution in [0.1, 0.15) is 12.7 Å². The molecule has 0 aromatic carbocycles. The Hall–Kier alpha value is -2.22. The highest BCUT2D eigenvalue weighted by Crippen LogP contribution is 2.25. The molecule has 0 aliphatic rings. The molecule has 88 valence electrons. The average Bonchev–Trinajstić information content (AvgIpc) is 2.85. The molecule has 0 aliphatic heterocycles. The average molecular weight is 229 g/mol. The summed E-state index contributed by atoms with van der Waals surface area (Å²) in [5.41, 5.74) is 7.73. The standard InChI is InChI=1S/C12H15N5/c1-4-6-17-10(5-2)15-11(12(17)13)9-7-14-8-16(9)3/h1,7-8H,5-6,13H2,2-3H3. The third kappa shape index (κ3) is 1.78. The summed E-state index contributed by atoms with van der Waals surface area (Å²) in [6.07, 6.45) is 9.61. The summed E-state index contributed by atoms with van der Waals surface area (Å²) < 4.78 is 3.75. The van der Waals surface area contributed by atoms with E-state index in [-0.39, 0.29) is 0 Å². The highest BCUT2D eigenvalue weighted by molar-refractivity contribution is 5.68. The van der Waals surface area contributed by atoms with Crippen molar-refractivity contribution in [1.29, 1.82) is 0 Å². The molecule has 2 rings (SSSR count). The molecular formula is C12H15N5. The second kappa shape index (κ2) is 4.34. The minimum absolute atomic E-state index is 0.444. The molecule has 5 nitrogen and oxygen atoms in total. The van der Waals surface area contributed by atoms with E-state index in [1.54, 1.807) is 12.5 Å². The van der Waals surface area contributed by atoms with Gasteiger partial charge in [-0.2, -0.15) is 0 Å². The van der Waals surface area contributed by atoms with E-state index in [4.69, 9.17) is 12.2 Å². The Kier molecular flexibility index (Phi) is 2.88. The Morgan fingerprint density at radius 1 is 1.53 bits per heavy atom. The van der Waals surface area contributed by atoms with E-state index in [0.29, 0.717) is 12.4 Å². The molecule has 0 aliphatic carbocycles. The van der Waals surface area contributed by atoms with Crippen LogP contribution in [0.3, 0.4) is 0 Å². The van der Waals surface area contributed by atoms with Crippen LogP contribution in [0.2, 0.25) is 0 Å². The lowest BCUT2D eigenvalue weighted by Crippen LogP contribution is -2.05. The van der Waals surface area contributed by atoms with Gasteiger partial charge in [-0.05, 0) is 0 Å². The van der Waals surface area contributed by atoms with Gasteiger partial charge in [-0.1, -0.05) is 12.8 Å². The van der Waals surface area contributed by atoms with Crippen molar-refractivity contribution in [2.75, 3.05) is 5.73 Å². The van der Waals surface area contributed by atoms with Gasteiger partial charge in [0.05, 0.1) is 24.8 Å². The van der Waals surface area contributed by atoms with Gasteiger partial charge in [0, 0.05) is 13.5 Å². The first-order valence-electron chi connectivity index (χ1n) is 5.44. The highest BCUT2D eigenvalue weighted by atomic mass is 15.2. The fourth-order valence-corrected chi connectivity index (χ4v) is 1.83. The molecule has 5 heteroatoms. The number of nitrogens with zero attached hydrogens (tertiary/aromatic N) is 4. The van der Waals surface area contributed by atoms with Gasteiger partial charge < -0.3 is 14.9 Å². The van der Waals surface area contributed by atoms with Gasteiger partial charge in [0.25, 0.3) is 0 Å². The van der Waals surface area contributed by atoms with Gasteiger partial charge in [0.15, 0.2) is 0 Å². The lowest BCUT2D eigenvalue weighted by molar-refractivity contribution is 0.769. The number of hydrogen-bond acceptors (Lipinski definition) is 3. The summed E-state index contributed by atoms with van der Waals surface area (Å²) >= 11 is 0. The number of rotatable bonds is 3. The van der Waals surface area contributed by atoms with Crippen molar-refractivity contribution in [3.8, 4) is 23.7 Å². The topological polar surface area (TPSA) is 61.7 Å². The van der Waals surface area contributed by atoms with Crippen LogP contribution >= 0.6 is 0 Å². The summed E-state index contributed by atoms with van der Waals surface area (Å²) in [7, 11) is 1.91. The lowest BCUT2D eigenvalue weighted by atomic mass is 10.3. The molecule has 0 radical (unpaired) electrons. The smallest absolute Gasteiger partial charge is 0.134 e. The SMILES string of the molecule is C#CCn1c(CC)nc(-c2cncn2C)c1N. The maximum absolute atomic E-state index is 6.09. The van der Waals surface area contributed by atoms with Crippen molar-refractivity contribution >= 4 is 5.82 Å². The second-order valence-corrected chi connectivity index (χ2v) is 3.80. The van der Waals surface area contributed by atoms with Gasteiger partial charge in [0.2, 0.25) is 0 Å². The Morgan fingerprint density at radius 3 is 2.82 bits per heavy atom. The van der Waals surface area contributed by atoms with Crippen LogP contribution in [0, 0.1) is 12.3 Å². The predicted octanol–water partition coefficient (Wildman–Crippen LogP) is 1.06. The van der Waals surface area contributed by atoms with Gasteiger partial charge >= 0.3 is 0 Å². The van der Waals surface area contributed by atoms with Gasteiger partial charge in [-0.15, -0.1) is 6.42 Å². The first-order chi connectivity index (χ1) is 8.19. The quantitative estimate of drug-likeness (QED) is 0.800. The Bertz CT molecular complexity index is 570. The van der Waals surface area contributed by atoms with Crippen LogP contribution in [0.15, 0.2) is 12.5 Å². The molecule has 2 N–H and O–H groups in total. The predicted molar refractivity (Wildman–Crippen MR) is 67.1 cm³/mol. The fraction of sp³-hybridized carbons (Fsp3) is 0.333. The first kappa shape index (κ1) is 11.3. The maximum atomic E-state index is 6.09. The van der Waals surface area contributed by atoms with E-state index in [0.717, 1.165) is 23.6 Å². The third-order valence-corrected chi connectivity index (χ3v) is 2.71. The minimum atomic E-state index is 0.444. The van der Waals surface area contributed by atoms with E-state index in [1.807, 2.05) is 23.1 Å². The lowest BCUT2D eigenvalue weighted by Gasteiger charge is -2.04. The van der Waals surface area contributed by atoms with E-state index in [2.05, 4.69) is 15.9 Å². The van der Waals surface area contributed by atoms with Gasteiger partial charge in [-0.3, -0.25) is 0 Å². The zero-order chi connectivity index (χ0) is 12.4. The van der Waals surface area contributed by atoms with Crippen LogP contribution in [-0.2, 0) is 20.0 Å². The van der Waals surface area contributed by atoms with Gasteiger partial charge in [-0.25, -0.2) is 9.97 Å². The number of aromatic nitrogens is 4. The summed E-state index contributed by atoms with van der Waals surface area (Å²) in [6.45, 7) is 2.47. The van der Waals surface area contributed by atoms with Gasteiger partial charge in [0.1, 0.15) is 17.3 Å². The molecule has 0 saturated heterocycles. The number of hydrogen-bond donors (Lipinski definition) is 1. The molecule has 0 unspecified atom stereocenters. The molecule has 0 spiro atoms. The van der Waals surface area contributed by atoms with E-state index >= 15 is 0 Å². The molecule has 2 aromatic rings. The third-order valence-electron chi connectivity index (χ3n) is 2.71. The largest absolute Gasteiger partial charge is 0.383 e. The second-order valence-electron chi connectivity index (χ2n) is 3.80. The molecule has 0 saturated carbocycles. The summed E-state index contributed by atoms with van der Waals surface area (Å²) in [5, 5.41) is 0. The molecule has 0 bridgehead atoms. The Labute approximate surface area is 100 Å². The van der Waals surface area contributed by atoms with Crippen molar-refractivity contribution in [3.05, 3.63) is 18.3 Å².